The van der Waals surface area contributed by atoms with Crippen LogP contribution in [-0.4, -0.2) is 27.2 Å². The van der Waals surface area contributed by atoms with Crippen molar-refractivity contribution in [2.45, 2.75) is 26.1 Å². The van der Waals surface area contributed by atoms with Crippen LogP contribution in [0.5, 0.6) is 0 Å². The summed E-state index contributed by atoms with van der Waals surface area (Å²) in [5.41, 5.74) is 1.44. The zero-order valence-corrected chi connectivity index (χ0v) is 11.3. The van der Waals surface area contributed by atoms with E-state index in [4.69, 9.17) is 11.6 Å². The van der Waals surface area contributed by atoms with Crippen LogP contribution in [0.15, 0.2) is 18.2 Å². The minimum Gasteiger partial charge on any atom is -0.389 e. The third kappa shape index (κ3) is 4.32. The summed E-state index contributed by atoms with van der Waals surface area (Å²) in [7, 11) is 0. The molecule has 5 heteroatoms. The summed E-state index contributed by atoms with van der Waals surface area (Å²) < 4.78 is 0. The van der Waals surface area contributed by atoms with Crippen molar-refractivity contribution in [3.63, 3.8) is 0 Å². The number of hydrogen-bond acceptors (Lipinski definition) is 4. The van der Waals surface area contributed by atoms with Crippen molar-refractivity contribution in [3.8, 4) is 0 Å². The van der Waals surface area contributed by atoms with Gasteiger partial charge in [-0.1, -0.05) is 41.1 Å². The molecule has 0 radical (unpaired) electrons. The van der Waals surface area contributed by atoms with Crippen LogP contribution in [0.3, 0.4) is 0 Å². The topological polar surface area (TPSA) is 57.5 Å². The van der Waals surface area contributed by atoms with E-state index >= 15 is 0 Å². The number of aliphatic hydroxyl groups is 2. The Morgan fingerprint density at radius 1 is 1.47 bits per heavy atom. The summed E-state index contributed by atoms with van der Waals surface area (Å²) in [4.78, 5) is 10.8. The standard InChI is InChI=1S/C12H15ClO3S/c1-7-3-4-10(13)9(5-7)12(16)11(15)6-17-8(2)14/h3-5,11-12,15-16H,6H2,1-2H3. The van der Waals surface area contributed by atoms with Crippen molar-refractivity contribution in [3.05, 3.63) is 34.3 Å². The average molecular weight is 275 g/mol. The lowest BCUT2D eigenvalue weighted by Crippen LogP contribution is -2.21. The lowest BCUT2D eigenvalue weighted by atomic mass is 10.0. The summed E-state index contributed by atoms with van der Waals surface area (Å²) >= 11 is 6.93. The number of hydrogen-bond donors (Lipinski definition) is 2. The van der Waals surface area contributed by atoms with Crippen LogP contribution in [0.1, 0.15) is 24.2 Å². The number of aliphatic hydroxyl groups excluding tert-OH is 2. The van der Waals surface area contributed by atoms with E-state index in [9.17, 15) is 15.0 Å². The van der Waals surface area contributed by atoms with Crippen LogP contribution < -0.4 is 0 Å². The molecule has 2 N–H and O–H groups in total. The largest absolute Gasteiger partial charge is 0.389 e. The van der Waals surface area contributed by atoms with Crippen LogP contribution in [0.4, 0.5) is 0 Å². The molecule has 0 spiro atoms. The fourth-order valence-electron chi connectivity index (χ4n) is 1.39. The molecule has 2 unspecified atom stereocenters. The second kappa shape index (κ2) is 6.40. The molecular weight excluding hydrogens is 260 g/mol. The molecule has 0 aliphatic heterocycles. The number of halogens is 1. The second-order valence-corrected chi connectivity index (χ2v) is 5.44. The van der Waals surface area contributed by atoms with Crippen molar-refractivity contribution >= 4 is 28.5 Å². The fourth-order valence-corrected chi connectivity index (χ4v) is 2.21. The molecule has 1 aromatic rings. The van der Waals surface area contributed by atoms with Crippen molar-refractivity contribution in [2.24, 2.45) is 0 Å². The molecule has 1 aromatic carbocycles. The molecule has 0 aliphatic rings. The van der Waals surface area contributed by atoms with Crippen LogP contribution in [-0.2, 0) is 4.79 Å². The van der Waals surface area contributed by atoms with E-state index in [1.807, 2.05) is 13.0 Å². The SMILES string of the molecule is CC(=O)SCC(O)C(O)c1cc(C)ccc1Cl. The highest BCUT2D eigenvalue weighted by Crippen LogP contribution is 2.27. The molecule has 1 rings (SSSR count). The molecule has 2 atom stereocenters. The molecule has 0 aromatic heterocycles. The smallest absolute Gasteiger partial charge is 0.185 e. The van der Waals surface area contributed by atoms with Gasteiger partial charge < -0.3 is 10.2 Å². The Morgan fingerprint density at radius 2 is 2.12 bits per heavy atom. The maximum Gasteiger partial charge on any atom is 0.185 e. The third-order valence-corrected chi connectivity index (χ3v) is 3.55. The molecule has 0 fully saturated rings. The maximum absolute atomic E-state index is 10.8. The van der Waals surface area contributed by atoms with Gasteiger partial charge >= 0.3 is 0 Å². The van der Waals surface area contributed by atoms with Gasteiger partial charge in [-0.2, -0.15) is 0 Å². The van der Waals surface area contributed by atoms with Crippen LogP contribution in [0.25, 0.3) is 0 Å². The lowest BCUT2D eigenvalue weighted by Gasteiger charge is -2.18. The lowest BCUT2D eigenvalue weighted by molar-refractivity contribution is -0.109. The van der Waals surface area contributed by atoms with Crippen LogP contribution >= 0.6 is 23.4 Å². The Morgan fingerprint density at radius 3 is 2.71 bits per heavy atom. The van der Waals surface area contributed by atoms with Crippen molar-refractivity contribution < 1.29 is 15.0 Å². The van der Waals surface area contributed by atoms with E-state index in [0.717, 1.165) is 17.3 Å². The van der Waals surface area contributed by atoms with Gasteiger partial charge in [-0.3, -0.25) is 4.79 Å². The zero-order chi connectivity index (χ0) is 13.0. The van der Waals surface area contributed by atoms with Crippen molar-refractivity contribution in [2.75, 3.05) is 5.75 Å². The Hall–Kier alpha value is -0.550. The van der Waals surface area contributed by atoms with Crippen molar-refractivity contribution in [1.82, 2.24) is 0 Å². The molecule has 0 heterocycles. The van der Waals surface area contributed by atoms with E-state index < -0.39 is 12.2 Å². The minimum absolute atomic E-state index is 0.0911. The molecular formula is C12H15ClO3S. The first-order valence-electron chi connectivity index (χ1n) is 5.17. The summed E-state index contributed by atoms with van der Waals surface area (Å²) in [5.74, 6) is 0.154. The normalized spacial score (nSPS) is 14.4. The quantitative estimate of drug-likeness (QED) is 0.885. The zero-order valence-electron chi connectivity index (χ0n) is 9.68. The number of rotatable bonds is 4. The predicted octanol–water partition coefficient (Wildman–Crippen LogP) is 2.32. The van der Waals surface area contributed by atoms with Gasteiger partial charge in [0.15, 0.2) is 5.12 Å². The summed E-state index contributed by atoms with van der Waals surface area (Å²) in [6.07, 6.45) is -2.09. The van der Waals surface area contributed by atoms with Gasteiger partial charge in [-0.25, -0.2) is 0 Å². The molecule has 3 nitrogen and oxygen atoms in total. The third-order valence-electron chi connectivity index (χ3n) is 2.29. The molecule has 0 bridgehead atoms. The Labute approximate surface area is 110 Å². The highest BCUT2D eigenvalue weighted by Gasteiger charge is 2.21. The first-order valence-corrected chi connectivity index (χ1v) is 6.53. The van der Waals surface area contributed by atoms with Gasteiger partial charge in [0, 0.05) is 23.3 Å². The number of carbonyl (C=O) groups excluding carboxylic acids is 1. The Bertz CT molecular complexity index is 409. The molecule has 0 saturated carbocycles. The fraction of sp³-hybridized carbons (Fsp3) is 0.417. The summed E-state index contributed by atoms with van der Waals surface area (Å²) in [6, 6.07) is 5.24. The number of carbonyl (C=O) groups is 1. The van der Waals surface area contributed by atoms with E-state index in [2.05, 4.69) is 0 Å². The van der Waals surface area contributed by atoms with Gasteiger partial charge in [0.25, 0.3) is 0 Å². The Kier molecular flexibility index (Phi) is 5.46. The molecule has 17 heavy (non-hydrogen) atoms. The average Bonchev–Trinajstić information content (AvgIpc) is 2.28. The van der Waals surface area contributed by atoms with Gasteiger partial charge in [0.1, 0.15) is 6.10 Å². The second-order valence-electron chi connectivity index (χ2n) is 3.84. The molecule has 0 aliphatic carbocycles. The molecule has 94 valence electrons. The Balaban J connectivity index is 2.77. The van der Waals surface area contributed by atoms with E-state index in [1.54, 1.807) is 12.1 Å². The summed E-state index contributed by atoms with van der Waals surface area (Å²) in [5, 5.41) is 20.0. The minimum atomic E-state index is -1.07. The highest BCUT2D eigenvalue weighted by molar-refractivity contribution is 8.13. The molecule has 0 saturated heterocycles. The first-order chi connectivity index (χ1) is 7.91. The number of thioether (sulfide) groups is 1. The number of aryl methyl sites for hydroxylation is 1. The van der Waals surface area contributed by atoms with E-state index in [1.165, 1.54) is 6.92 Å². The number of benzene rings is 1. The monoisotopic (exact) mass is 274 g/mol. The van der Waals surface area contributed by atoms with Gasteiger partial charge in [-0.15, -0.1) is 0 Å². The van der Waals surface area contributed by atoms with Crippen LogP contribution in [0.2, 0.25) is 5.02 Å². The van der Waals surface area contributed by atoms with E-state index in [0.29, 0.717) is 10.6 Å². The van der Waals surface area contributed by atoms with Crippen molar-refractivity contribution in [1.29, 1.82) is 0 Å². The summed E-state index contributed by atoms with van der Waals surface area (Å²) in [6.45, 7) is 3.30. The van der Waals surface area contributed by atoms with E-state index in [-0.39, 0.29) is 10.9 Å². The maximum atomic E-state index is 10.8. The van der Waals surface area contributed by atoms with Crippen LogP contribution in [0, 0.1) is 6.92 Å². The molecule has 0 amide bonds. The highest BCUT2D eigenvalue weighted by atomic mass is 35.5. The van der Waals surface area contributed by atoms with Gasteiger partial charge in [0.05, 0.1) is 6.10 Å². The van der Waals surface area contributed by atoms with Gasteiger partial charge in [-0.05, 0) is 13.0 Å². The predicted molar refractivity (Wildman–Crippen MR) is 70.3 cm³/mol. The van der Waals surface area contributed by atoms with Gasteiger partial charge in [0.2, 0.25) is 0 Å². The first kappa shape index (κ1) is 14.5.